The molecule has 2 aliphatic carbocycles. The molecule has 11 nitrogen and oxygen atoms in total. The molecular formula is C39H54FN3O8. The lowest BCUT2D eigenvalue weighted by Crippen LogP contribution is -2.50. The summed E-state index contributed by atoms with van der Waals surface area (Å²) in [7, 11) is 0. The number of carbonyl (C=O) groups excluding carboxylic acids is 4. The zero-order valence-corrected chi connectivity index (χ0v) is 30.3. The largest absolute Gasteiger partial charge is 0.457 e. The SMILES string of the molecule is CC(C)(C)OC(=O)N[C@H](CF)C1CCC(C(=O)N2CC[C@@H](C3CCCCC3)[C@@H]2C(=O)Nc2ccc3oc(C(=O)OCC4CCCO4)cc3c2)CC1. The van der Waals surface area contributed by atoms with Gasteiger partial charge >= 0.3 is 12.1 Å². The summed E-state index contributed by atoms with van der Waals surface area (Å²) in [5.41, 5.74) is 0.380. The number of halogens is 1. The Bertz CT molecular complexity index is 1530. The Morgan fingerprint density at radius 1 is 0.961 bits per heavy atom. The molecule has 51 heavy (non-hydrogen) atoms. The molecule has 4 aliphatic rings. The number of esters is 1. The molecule has 2 N–H and O–H groups in total. The summed E-state index contributed by atoms with van der Waals surface area (Å²) in [6.45, 7) is 5.98. The molecule has 1 aromatic heterocycles. The third kappa shape index (κ3) is 9.23. The molecule has 6 rings (SSSR count). The first-order chi connectivity index (χ1) is 24.5. The molecule has 0 spiro atoms. The molecule has 2 saturated carbocycles. The third-order valence-corrected chi connectivity index (χ3v) is 11.2. The maximum absolute atomic E-state index is 14.2. The second-order valence-corrected chi connectivity index (χ2v) is 15.9. The standard InChI is InChI=1S/C39H54FN3O8/c1-39(2,3)51-38(47)42-31(22-40)25-11-13-26(14-12-25)36(45)43-18-17-30(24-8-5-4-6-9-24)34(43)35(44)41-28-15-16-32-27(20-28)21-33(50-32)37(46)49-23-29-10-7-19-48-29/h15-16,20-21,24-26,29-31,34H,4-14,17-19,22-23H2,1-3H3,(H,41,44)(H,42,47)/t25?,26?,29?,30-,31+,34+/m0/s1. The summed E-state index contributed by atoms with van der Waals surface area (Å²) in [5.74, 6) is -0.594. The van der Waals surface area contributed by atoms with Gasteiger partial charge in [0.2, 0.25) is 17.6 Å². The third-order valence-electron chi connectivity index (χ3n) is 11.2. The van der Waals surface area contributed by atoms with Gasteiger partial charge in [-0.15, -0.1) is 0 Å². The van der Waals surface area contributed by atoms with Crippen LogP contribution in [0.4, 0.5) is 14.9 Å². The van der Waals surface area contributed by atoms with Crippen molar-refractivity contribution in [3.8, 4) is 0 Å². The fourth-order valence-corrected chi connectivity index (χ4v) is 8.65. The van der Waals surface area contributed by atoms with Crippen LogP contribution in [0.15, 0.2) is 28.7 Å². The molecule has 0 bridgehead atoms. The number of hydrogen-bond acceptors (Lipinski definition) is 8. The first kappa shape index (κ1) is 37.1. The van der Waals surface area contributed by atoms with Gasteiger partial charge in [-0.1, -0.05) is 32.1 Å². The van der Waals surface area contributed by atoms with Crippen molar-refractivity contribution in [1.82, 2.24) is 10.2 Å². The predicted octanol–water partition coefficient (Wildman–Crippen LogP) is 7.17. The first-order valence-electron chi connectivity index (χ1n) is 19.0. The Morgan fingerprint density at radius 3 is 2.41 bits per heavy atom. The zero-order chi connectivity index (χ0) is 36.1. The van der Waals surface area contributed by atoms with Crippen LogP contribution in [0.5, 0.6) is 0 Å². The number of rotatable bonds is 10. The van der Waals surface area contributed by atoms with Crippen molar-refractivity contribution < 1.29 is 42.2 Å². The quantitative estimate of drug-likeness (QED) is 0.248. The highest BCUT2D eigenvalue weighted by Gasteiger charge is 2.47. The molecule has 3 heterocycles. The lowest BCUT2D eigenvalue weighted by Gasteiger charge is -2.37. The molecule has 3 amide bonds. The zero-order valence-electron chi connectivity index (χ0n) is 30.3. The Kier molecular flexibility index (Phi) is 11.9. The van der Waals surface area contributed by atoms with Crippen LogP contribution >= 0.6 is 0 Å². The number of likely N-dealkylation sites (tertiary alicyclic amines) is 1. The van der Waals surface area contributed by atoms with Crippen molar-refractivity contribution >= 4 is 40.5 Å². The molecule has 4 atom stereocenters. The van der Waals surface area contributed by atoms with Crippen LogP contribution in [-0.4, -0.2) is 79.0 Å². The van der Waals surface area contributed by atoms with Crippen molar-refractivity contribution in [2.45, 2.75) is 122 Å². The first-order valence-corrected chi connectivity index (χ1v) is 19.0. The highest BCUT2D eigenvalue weighted by molar-refractivity contribution is 6.00. The highest BCUT2D eigenvalue weighted by Crippen LogP contribution is 2.41. The Morgan fingerprint density at radius 2 is 1.73 bits per heavy atom. The molecule has 4 fully saturated rings. The van der Waals surface area contributed by atoms with Crippen LogP contribution in [0, 0.1) is 23.7 Å². The van der Waals surface area contributed by atoms with E-state index in [1.807, 2.05) is 4.90 Å². The molecule has 280 valence electrons. The van der Waals surface area contributed by atoms with Crippen molar-refractivity contribution in [1.29, 1.82) is 0 Å². The van der Waals surface area contributed by atoms with Gasteiger partial charge in [-0.2, -0.15) is 0 Å². The molecule has 12 heteroatoms. The van der Waals surface area contributed by atoms with Gasteiger partial charge < -0.3 is 34.2 Å². The summed E-state index contributed by atoms with van der Waals surface area (Å²) in [6.07, 6.45) is 9.82. The number of nitrogens with one attached hydrogen (secondary N) is 2. The van der Waals surface area contributed by atoms with E-state index in [9.17, 15) is 23.6 Å². The smallest absolute Gasteiger partial charge is 0.407 e. The number of hydrogen-bond donors (Lipinski definition) is 2. The van der Waals surface area contributed by atoms with E-state index < -0.39 is 36.4 Å². The van der Waals surface area contributed by atoms with E-state index in [0.717, 1.165) is 44.9 Å². The van der Waals surface area contributed by atoms with Crippen LogP contribution in [0.1, 0.15) is 108 Å². The van der Waals surface area contributed by atoms with Gasteiger partial charge in [0.05, 0.1) is 12.1 Å². The van der Waals surface area contributed by atoms with Gasteiger partial charge in [0.15, 0.2) is 0 Å². The molecule has 1 unspecified atom stereocenters. The summed E-state index contributed by atoms with van der Waals surface area (Å²) in [6, 6.07) is 5.60. The molecule has 2 aromatic rings. The summed E-state index contributed by atoms with van der Waals surface area (Å²) >= 11 is 0. The van der Waals surface area contributed by atoms with Crippen LogP contribution in [-0.2, 0) is 23.8 Å². The lowest BCUT2D eigenvalue weighted by molar-refractivity contribution is -0.142. The maximum atomic E-state index is 14.2. The number of furan rings is 1. The highest BCUT2D eigenvalue weighted by atomic mass is 19.1. The molecule has 0 radical (unpaired) electrons. The number of ether oxygens (including phenoxy) is 3. The molecular weight excluding hydrogens is 657 g/mol. The summed E-state index contributed by atoms with van der Waals surface area (Å²) in [4.78, 5) is 55.2. The van der Waals surface area contributed by atoms with E-state index in [-0.39, 0.29) is 48.0 Å². The summed E-state index contributed by atoms with van der Waals surface area (Å²) < 4.78 is 36.1. The Labute approximate surface area is 299 Å². The predicted molar refractivity (Wildman–Crippen MR) is 189 cm³/mol. The van der Waals surface area contributed by atoms with Gasteiger partial charge in [-0.3, -0.25) is 9.59 Å². The summed E-state index contributed by atoms with van der Waals surface area (Å²) in [5, 5.41) is 6.45. The fourth-order valence-electron chi connectivity index (χ4n) is 8.65. The number of anilines is 1. The van der Waals surface area contributed by atoms with Gasteiger partial charge in [-0.05, 0) is 108 Å². The monoisotopic (exact) mass is 711 g/mol. The van der Waals surface area contributed by atoms with Crippen LogP contribution in [0.2, 0.25) is 0 Å². The number of alkyl carbamates (subject to hydrolysis) is 1. The minimum atomic E-state index is -0.703. The second-order valence-electron chi connectivity index (χ2n) is 15.9. The van der Waals surface area contributed by atoms with E-state index in [1.165, 1.54) is 6.42 Å². The molecule has 2 saturated heterocycles. The van der Waals surface area contributed by atoms with Crippen LogP contribution in [0.25, 0.3) is 11.0 Å². The lowest BCUT2D eigenvalue weighted by atomic mass is 9.76. The van der Waals surface area contributed by atoms with E-state index in [2.05, 4.69) is 10.6 Å². The Hall–Kier alpha value is -3.67. The van der Waals surface area contributed by atoms with E-state index in [0.29, 0.717) is 61.4 Å². The van der Waals surface area contributed by atoms with Crippen molar-refractivity contribution in [3.63, 3.8) is 0 Å². The molecule has 2 aliphatic heterocycles. The normalized spacial score (nSPS) is 26.5. The van der Waals surface area contributed by atoms with E-state index in [1.54, 1.807) is 45.0 Å². The van der Waals surface area contributed by atoms with Crippen LogP contribution in [0.3, 0.4) is 0 Å². The van der Waals surface area contributed by atoms with Gasteiger partial charge in [0.25, 0.3) is 0 Å². The average molecular weight is 712 g/mol. The minimum Gasteiger partial charge on any atom is -0.457 e. The number of amides is 3. The van der Waals surface area contributed by atoms with Gasteiger partial charge in [-0.25, -0.2) is 14.0 Å². The Balaban J connectivity index is 1.11. The van der Waals surface area contributed by atoms with Crippen molar-refractivity contribution in [2.75, 3.05) is 31.7 Å². The number of fused-ring (bicyclic) bond motifs is 1. The van der Waals surface area contributed by atoms with E-state index >= 15 is 0 Å². The van der Waals surface area contributed by atoms with Crippen LogP contribution < -0.4 is 10.6 Å². The van der Waals surface area contributed by atoms with E-state index in [4.69, 9.17) is 18.6 Å². The minimum absolute atomic E-state index is 0.0137. The fraction of sp³-hybridized carbons (Fsp3) is 0.692. The number of alkyl halides is 1. The second kappa shape index (κ2) is 16.3. The number of carbonyl (C=O) groups is 4. The van der Waals surface area contributed by atoms with Gasteiger partial charge in [0.1, 0.15) is 30.5 Å². The maximum Gasteiger partial charge on any atom is 0.407 e. The molecule has 1 aromatic carbocycles. The van der Waals surface area contributed by atoms with Gasteiger partial charge in [0, 0.05) is 30.1 Å². The van der Waals surface area contributed by atoms with Crippen molar-refractivity contribution in [2.24, 2.45) is 23.7 Å². The topological polar surface area (TPSA) is 136 Å². The number of nitrogens with zero attached hydrogens (tertiary/aromatic N) is 1. The average Bonchev–Trinajstić information content (AvgIpc) is 3.89. The van der Waals surface area contributed by atoms with Crippen molar-refractivity contribution in [3.05, 3.63) is 30.0 Å². The number of benzene rings is 1.